The number of aliphatic carboxylic acids is 1. The van der Waals surface area contributed by atoms with E-state index in [0.29, 0.717) is 5.52 Å². The molecule has 3 rings (SSSR count). The molecular weight excluding hydrogens is 320 g/mol. The number of hydrogen-bond acceptors (Lipinski definition) is 5. The number of aromatic nitrogens is 1. The van der Waals surface area contributed by atoms with Gasteiger partial charge in [-0.1, -0.05) is 12.1 Å². The number of sulfonamides is 1. The lowest BCUT2D eigenvalue weighted by atomic mass is 9.97. The lowest BCUT2D eigenvalue weighted by Gasteiger charge is -2.44. The van der Waals surface area contributed by atoms with Gasteiger partial charge in [0.05, 0.1) is 18.6 Å². The van der Waals surface area contributed by atoms with E-state index in [-0.39, 0.29) is 18.0 Å². The molecule has 2 aromatic rings. The number of carbonyl (C=O) groups is 1. The third-order valence-corrected chi connectivity index (χ3v) is 6.04. The molecule has 0 atom stereocenters. The average Bonchev–Trinajstić information content (AvgIpc) is 2.46. The minimum Gasteiger partial charge on any atom is -0.479 e. The Morgan fingerprint density at radius 2 is 2.04 bits per heavy atom. The number of carboxylic acids is 1. The van der Waals surface area contributed by atoms with Gasteiger partial charge in [-0.15, -0.1) is 0 Å². The van der Waals surface area contributed by atoms with E-state index >= 15 is 0 Å². The molecule has 23 heavy (non-hydrogen) atoms. The van der Waals surface area contributed by atoms with Crippen LogP contribution < -0.4 is 0 Å². The molecule has 1 fully saturated rings. The summed E-state index contributed by atoms with van der Waals surface area (Å²) in [6, 6.07) is 6.78. The summed E-state index contributed by atoms with van der Waals surface area (Å²) in [6.45, 7) is 1.44. The Morgan fingerprint density at radius 3 is 2.65 bits per heavy atom. The monoisotopic (exact) mass is 336 g/mol. The molecule has 0 radical (unpaired) electrons. The maximum atomic E-state index is 12.8. The van der Waals surface area contributed by atoms with Crippen LogP contribution in [0.15, 0.2) is 35.4 Å². The van der Waals surface area contributed by atoms with Crippen molar-refractivity contribution in [1.82, 2.24) is 9.29 Å². The maximum Gasteiger partial charge on any atom is 0.338 e. The average molecular weight is 336 g/mol. The zero-order valence-corrected chi connectivity index (χ0v) is 13.5. The molecule has 1 aliphatic heterocycles. The highest BCUT2D eigenvalue weighted by Gasteiger charge is 2.54. The van der Waals surface area contributed by atoms with Crippen molar-refractivity contribution >= 4 is 26.9 Å². The molecule has 0 aliphatic carbocycles. The lowest BCUT2D eigenvalue weighted by molar-refractivity contribution is -0.176. The number of ether oxygens (including phenoxy) is 1. The number of fused-ring (bicyclic) bond motifs is 1. The third kappa shape index (κ3) is 2.30. The van der Waals surface area contributed by atoms with Crippen molar-refractivity contribution in [3.63, 3.8) is 0 Å². The SMILES string of the molecule is COC1(C(=O)O)CN(S(=O)(=O)c2ccc(C)c3cccnc23)C1. The first kappa shape index (κ1) is 15.9. The van der Waals surface area contributed by atoms with Crippen LogP contribution in [0.5, 0.6) is 0 Å². The number of benzene rings is 1. The minimum atomic E-state index is -3.83. The van der Waals surface area contributed by atoms with Gasteiger partial charge in [0.1, 0.15) is 4.90 Å². The van der Waals surface area contributed by atoms with E-state index in [9.17, 15) is 18.3 Å². The number of aryl methyl sites for hydroxylation is 1. The first-order valence-electron chi connectivity index (χ1n) is 6.95. The van der Waals surface area contributed by atoms with E-state index in [1.165, 1.54) is 19.4 Å². The molecule has 1 aromatic carbocycles. The molecule has 0 bridgehead atoms. The number of hydrogen-bond donors (Lipinski definition) is 1. The summed E-state index contributed by atoms with van der Waals surface area (Å²) in [5.41, 5.74) is -0.161. The summed E-state index contributed by atoms with van der Waals surface area (Å²) < 4.78 is 31.7. The summed E-state index contributed by atoms with van der Waals surface area (Å²) >= 11 is 0. The molecule has 1 aromatic heterocycles. The zero-order chi connectivity index (χ0) is 16.8. The first-order valence-corrected chi connectivity index (χ1v) is 8.39. The molecule has 0 spiro atoms. The Hall–Kier alpha value is -2.03. The number of methoxy groups -OCH3 is 1. The van der Waals surface area contributed by atoms with Crippen LogP contribution in [0.4, 0.5) is 0 Å². The predicted octanol–water partition coefficient (Wildman–Crippen LogP) is 1.02. The van der Waals surface area contributed by atoms with Crippen molar-refractivity contribution in [1.29, 1.82) is 0 Å². The van der Waals surface area contributed by atoms with Gasteiger partial charge in [0.2, 0.25) is 10.0 Å². The van der Waals surface area contributed by atoms with Crippen LogP contribution in [0, 0.1) is 6.92 Å². The van der Waals surface area contributed by atoms with Crippen LogP contribution in [0.25, 0.3) is 10.9 Å². The fourth-order valence-corrected chi connectivity index (χ4v) is 4.36. The highest BCUT2D eigenvalue weighted by molar-refractivity contribution is 7.89. The Labute approximate surface area is 133 Å². The molecule has 8 heteroatoms. The van der Waals surface area contributed by atoms with Gasteiger partial charge in [0.25, 0.3) is 0 Å². The van der Waals surface area contributed by atoms with Gasteiger partial charge in [0, 0.05) is 18.7 Å². The number of pyridine rings is 1. The van der Waals surface area contributed by atoms with Gasteiger partial charge in [-0.3, -0.25) is 4.98 Å². The molecule has 7 nitrogen and oxygen atoms in total. The third-order valence-electron chi connectivity index (χ3n) is 4.21. The highest BCUT2D eigenvalue weighted by Crippen LogP contribution is 2.33. The Bertz CT molecular complexity index is 888. The van der Waals surface area contributed by atoms with Crippen molar-refractivity contribution in [3.8, 4) is 0 Å². The van der Waals surface area contributed by atoms with E-state index < -0.39 is 21.6 Å². The second-order valence-corrected chi connectivity index (χ2v) is 7.46. The van der Waals surface area contributed by atoms with Gasteiger partial charge in [-0.25, -0.2) is 13.2 Å². The Morgan fingerprint density at radius 1 is 1.35 bits per heavy atom. The topological polar surface area (TPSA) is 96.8 Å². The highest BCUT2D eigenvalue weighted by atomic mass is 32.2. The van der Waals surface area contributed by atoms with Gasteiger partial charge in [-0.2, -0.15) is 4.31 Å². The molecule has 1 N–H and O–H groups in total. The van der Waals surface area contributed by atoms with Crippen molar-refractivity contribution in [2.75, 3.05) is 20.2 Å². The fourth-order valence-electron chi connectivity index (χ4n) is 2.68. The second-order valence-electron chi connectivity index (χ2n) is 5.56. The van der Waals surface area contributed by atoms with E-state index in [2.05, 4.69) is 4.98 Å². The molecule has 122 valence electrons. The van der Waals surface area contributed by atoms with Gasteiger partial charge in [0.15, 0.2) is 5.60 Å². The maximum absolute atomic E-state index is 12.8. The number of nitrogens with zero attached hydrogens (tertiary/aromatic N) is 2. The molecular formula is C15H16N2O5S. The summed E-state index contributed by atoms with van der Waals surface area (Å²) in [4.78, 5) is 15.5. The van der Waals surface area contributed by atoms with Crippen LogP contribution in [0.2, 0.25) is 0 Å². The normalized spacial score (nSPS) is 17.8. The van der Waals surface area contributed by atoms with Crippen LogP contribution in [-0.2, 0) is 19.6 Å². The number of rotatable bonds is 4. The number of carboxylic acid groups (broad SMARTS) is 1. The van der Waals surface area contributed by atoms with E-state index in [1.807, 2.05) is 13.0 Å². The summed E-state index contributed by atoms with van der Waals surface area (Å²) in [7, 11) is -2.57. The second kappa shape index (κ2) is 5.26. The molecule has 0 amide bonds. The van der Waals surface area contributed by atoms with Gasteiger partial charge >= 0.3 is 5.97 Å². The quantitative estimate of drug-likeness (QED) is 0.895. The van der Waals surface area contributed by atoms with Gasteiger partial charge in [-0.05, 0) is 24.6 Å². The molecule has 1 saturated heterocycles. The fraction of sp³-hybridized carbons (Fsp3) is 0.333. The smallest absolute Gasteiger partial charge is 0.338 e. The summed E-state index contributed by atoms with van der Waals surface area (Å²) in [6.07, 6.45) is 1.54. The Kier molecular flexibility index (Phi) is 3.62. The first-order chi connectivity index (χ1) is 10.8. The molecule has 2 heterocycles. The van der Waals surface area contributed by atoms with Crippen molar-refractivity contribution < 1.29 is 23.1 Å². The van der Waals surface area contributed by atoms with Crippen LogP contribution in [0.1, 0.15) is 5.56 Å². The van der Waals surface area contributed by atoms with Crippen molar-refractivity contribution in [2.45, 2.75) is 17.4 Å². The lowest BCUT2D eigenvalue weighted by Crippen LogP contribution is -2.68. The van der Waals surface area contributed by atoms with Crippen LogP contribution in [0.3, 0.4) is 0 Å². The summed E-state index contributed by atoms with van der Waals surface area (Å²) in [5, 5.41) is 9.94. The van der Waals surface area contributed by atoms with Gasteiger partial charge < -0.3 is 9.84 Å². The Balaban J connectivity index is 2.03. The minimum absolute atomic E-state index is 0.0776. The van der Waals surface area contributed by atoms with E-state index in [0.717, 1.165) is 15.3 Å². The standard InChI is InChI=1S/C15H16N2O5S/c1-10-5-6-12(13-11(10)4-3-7-16-13)23(20,21)17-8-15(9-17,22-2)14(18)19/h3-7H,8-9H2,1-2H3,(H,18,19). The van der Waals surface area contributed by atoms with Crippen LogP contribution in [-0.4, -0.2) is 54.6 Å². The van der Waals surface area contributed by atoms with E-state index in [1.54, 1.807) is 12.1 Å². The summed E-state index contributed by atoms with van der Waals surface area (Å²) in [5.74, 6) is -1.17. The zero-order valence-electron chi connectivity index (χ0n) is 12.7. The van der Waals surface area contributed by atoms with E-state index in [4.69, 9.17) is 4.74 Å². The molecule has 1 aliphatic rings. The predicted molar refractivity (Wildman–Crippen MR) is 82.6 cm³/mol. The van der Waals surface area contributed by atoms with Crippen LogP contribution >= 0.6 is 0 Å². The molecule has 0 unspecified atom stereocenters. The van der Waals surface area contributed by atoms with Crippen molar-refractivity contribution in [2.24, 2.45) is 0 Å². The van der Waals surface area contributed by atoms with Crippen molar-refractivity contribution in [3.05, 3.63) is 36.0 Å². The molecule has 0 saturated carbocycles. The largest absolute Gasteiger partial charge is 0.479 e.